The van der Waals surface area contributed by atoms with Gasteiger partial charge in [0.05, 0.1) is 30.4 Å². The number of aromatic nitrogens is 3. The van der Waals surface area contributed by atoms with E-state index in [4.69, 9.17) is 9.47 Å². The highest BCUT2D eigenvalue weighted by Crippen LogP contribution is 2.34. The van der Waals surface area contributed by atoms with E-state index in [0.717, 1.165) is 24.2 Å². The highest BCUT2D eigenvalue weighted by molar-refractivity contribution is 5.97. The van der Waals surface area contributed by atoms with Gasteiger partial charge in [0.15, 0.2) is 0 Å². The quantitative estimate of drug-likeness (QED) is 0.677. The van der Waals surface area contributed by atoms with Crippen molar-refractivity contribution >= 4 is 22.5 Å². The lowest BCUT2D eigenvalue weighted by molar-refractivity contribution is 0.0522. The van der Waals surface area contributed by atoms with Crippen LogP contribution < -0.4 is 10.3 Å². The number of nitrogens with one attached hydrogen (secondary N) is 1. The fourth-order valence-corrected chi connectivity index (χ4v) is 4.11. The zero-order chi connectivity index (χ0) is 19.7. The van der Waals surface area contributed by atoms with Gasteiger partial charge in [-0.15, -0.1) is 0 Å². The first-order valence-corrected chi connectivity index (χ1v) is 10.0. The third-order valence-corrected chi connectivity index (χ3v) is 5.37. The van der Waals surface area contributed by atoms with Gasteiger partial charge < -0.3 is 14.5 Å². The lowest BCUT2D eigenvalue weighted by Gasteiger charge is -2.21. The summed E-state index contributed by atoms with van der Waals surface area (Å²) in [6.45, 7) is 4.31. The van der Waals surface area contributed by atoms with Crippen LogP contribution in [-0.2, 0) is 4.74 Å². The predicted octanol–water partition coefficient (Wildman–Crippen LogP) is 3.80. The molecule has 7 nitrogen and oxygen atoms in total. The Hall–Kier alpha value is -2.83. The van der Waals surface area contributed by atoms with Crippen molar-refractivity contribution in [3.05, 3.63) is 40.1 Å². The molecule has 0 aliphatic heterocycles. The summed E-state index contributed by atoms with van der Waals surface area (Å²) in [5.74, 6) is 1.23. The molecule has 7 heteroatoms. The summed E-state index contributed by atoms with van der Waals surface area (Å²) in [7, 11) is 0. The number of rotatable bonds is 5. The Kier molecular flexibility index (Phi) is 5.07. The Labute approximate surface area is 162 Å². The van der Waals surface area contributed by atoms with Gasteiger partial charge in [0, 0.05) is 12.0 Å². The Morgan fingerprint density at radius 3 is 2.68 bits per heavy atom. The first-order valence-electron chi connectivity index (χ1n) is 10.0. The van der Waals surface area contributed by atoms with Gasteiger partial charge >= 0.3 is 5.97 Å². The number of carbonyl (C=O) groups excluding carboxylic acids is 1. The van der Waals surface area contributed by atoms with Crippen LogP contribution in [0.5, 0.6) is 5.75 Å². The smallest absolute Gasteiger partial charge is 0.341 e. The van der Waals surface area contributed by atoms with Gasteiger partial charge in [0.25, 0.3) is 5.56 Å². The molecular weight excluding hydrogens is 358 g/mol. The SMILES string of the molecule is CCOC(=O)c1cc2[nH]c(=O)c3cnc(C4CCCCC4)n3c2cc1OCC. The number of esters is 1. The van der Waals surface area contributed by atoms with Crippen molar-refractivity contribution in [2.45, 2.75) is 51.9 Å². The van der Waals surface area contributed by atoms with Crippen LogP contribution in [0.4, 0.5) is 0 Å². The van der Waals surface area contributed by atoms with Crippen LogP contribution >= 0.6 is 0 Å². The zero-order valence-corrected chi connectivity index (χ0v) is 16.3. The number of hydrogen-bond acceptors (Lipinski definition) is 5. The highest BCUT2D eigenvalue weighted by Gasteiger charge is 2.23. The molecule has 1 N–H and O–H groups in total. The minimum absolute atomic E-state index is 0.221. The second-order valence-electron chi connectivity index (χ2n) is 7.15. The molecule has 148 valence electrons. The van der Waals surface area contributed by atoms with E-state index >= 15 is 0 Å². The van der Waals surface area contributed by atoms with Crippen LogP contribution in [0.25, 0.3) is 16.6 Å². The predicted molar refractivity (Wildman–Crippen MR) is 106 cm³/mol. The summed E-state index contributed by atoms with van der Waals surface area (Å²) in [5, 5.41) is 0. The van der Waals surface area contributed by atoms with Gasteiger partial charge in [-0.25, -0.2) is 9.78 Å². The molecule has 1 fully saturated rings. The van der Waals surface area contributed by atoms with Gasteiger partial charge in [-0.3, -0.25) is 9.20 Å². The van der Waals surface area contributed by atoms with E-state index in [2.05, 4.69) is 9.97 Å². The van der Waals surface area contributed by atoms with Gasteiger partial charge in [-0.2, -0.15) is 0 Å². The molecule has 1 aliphatic rings. The maximum absolute atomic E-state index is 12.6. The van der Waals surface area contributed by atoms with Crippen molar-refractivity contribution in [3.8, 4) is 5.75 Å². The van der Waals surface area contributed by atoms with E-state index in [1.165, 1.54) is 19.3 Å². The summed E-state index contributed by atoms with van der Waals surface area (Å²) in [5.41, 5.74) is 1.95. The highest BCUT2D eigenvalue weighted by atomic mass is 16.5. The van der Waals surface area contributed by atoms with Gasteiger partial charge in [0.2, 0.25) is 0 Å². The maximum Gasteiger partial charge on any atom is 0.341 e. The second-order valence-corrected chi connectivity index (χ2v) is 7.15. The molecule has 0 amide bonds. The number of H-pyrrole nitrogens is 1. The molecule has 3 aromatic rings. The normalized spacial score (nSPS) is 15.2. The van der Waals surface area contributed by atoms with Crippen LogP contribution in [0, 0.1) is 0 Å². The first kappa shape index (κ1) is 18.5. The third-order valence-electron chi connectivity index (χ3n) is 5.37. The number of nitrogens with zero attached hydrogens (tertiary/aromatic N) is 2. The van der Waals surface area contributed by atoms with Crippen LogP contribution in [0.1, 0.15) is 68.1 Å². The van der Waals surface area contributed by atoms with E-state index < -0.39 is 5.97 Å². The van der Waals surface area contributed by atoms with Crippen molar-refractivity contribution in [3.63, 3.8) is 0 Å². The van der Waals surface area contributed by atoms with E-state index in [0.29, 0.717) is 34.9 Å². The van der Waals surface area contributed by atoms with Crippen molar-refractivity contribution < 1.29 is 14.3 Å². The number of carbonyl (C=O) groups is 1. The Bertz CT molecular complexity index is 1080. The molecule has 0 spiro atoms. The fraction of sp³-hybridized carbons (Fsp3) is 0.476. The van der Waals surface area contributed by atoms with Crippen LogP contribution in [0.15, 0.2) is 23.1 Å². The zero-order valence-electron chi connectivity index (χ0n) is 16.3. The van der Waals surface area contributed by atoms with Gasteiger partial charge in [-0.1, -0.05) is 19.3 Å². The summed E-state index contributed by atoms with van der Waals surface area (Å²) in [6.07, 6.45) is 7.40. The number of aromatic amines is 1. The molecular formula is C21H25N3O4. The molecule has 1 aromatic carbocycles. The summed E-state index contributed by atoms with van der Waals surface area (Å²) in [4.78, 5) is 32.5. The van der Waals surface area contributed by atoms with Crippen molar-refractivity contribution in [1.82, 2.24) is 14.4 Å². The summed E-state index contributed by atoms with van der Waals surface area (Å²) >= 11 is 0. The Morgan fingerprint density at radius 1 is 1.18 bits per heavy atom. The van der Waals surface area contributed by atoms with E-state index in [-0.39, 0.29) is 12.2 Å². The lowest BCUT2D eigenvalue weighted by atomic mass is 9.89. The first-order chi connectivity index (χ1) is 13.6. The number of imidazole rings is 1. The number of hydrogen-bond donors (Lipinski definition) is 1. The monoisotopic (exact) mass is 383 g/mol. The molecule has 4 rings (SSSR count). The molecule has 2 heterocycles. The van der Waals surface area contributed by atoms with Crippen molar-refractivity contribution in [2.24, 2.45) is 0 Å². The molecule has 0 bridgehead atoms. The van der Waals surface area contributed by atoms with E-state index in [9.17, 15) is 9.59 Å². The van der Waals surface area contributed by atoms with Gasteiger partial charge in [-0.05, 0) is 32.8 Å². The van der Waals surface area contributed by atoms with Crippen molar-refractivity contribution in [2.75, 3.05) is 13.2 Å². The molecule has 0 radical (unpaired) electrons. The summed E-state index contributed by atoms with van der Waals surface area (Å²) < 4.78 is 12.8. The largest absolute Gasteiger partial charge is 0.493 e. The molecule has 1 aliphatic carbocycles. The minimum Gasteiger partial charge on any atom is -0.493 e. The standard InChI is InChI=1S/C21H25N3O4/c1-3-27-18-11-16-15(10-14(18)21(26)28-4-2)23-20(25)17-12-22-19(24(16)17)13-8-6-5-7-9-13/h10-13H,3-9H2,1-2H3,(H,23,25). The Balaban J connectivity index is 1.97. The Morgan fingerprint density at radius 2 is 1.96 bits per heavy atom. The van der Waals surface area contributed by atoms with Crippen LogP contribution in [0.3, 0.4) is 0 Å². The van der Waals surface area contributed by atoms with E-state index in [1.807, 2.05) is 17.4 Å². The molecule has 0 saturated heterocycles. The molecule has 0 unspecified atom stereocenters. The van der Waals surface area contributed by atoms with Crippen LogP contribution in [-0.4, -0.2) is 33.6 Å². The topological polar surface area (TPSA) is 85.7 Å². The molecule has 28 heavy (non-hydrogen) atoms. The summed E-state index contributed by atoms with van der Waals surface area (Å²) in [6, 6.07) is 3.45. The number of ether oxygens (including phenoxy) is 2. The molecule has 0 atom stereocenters. The van der Waals surface area contributed by atoms with Gasteiger partial charge in [0.1, 0.15) is 22.7 Å². The number of fused-ring (bicyclic) bond motifs is 3. The van der Waals surface area contributed by atoms with E-state index in [1.54, 1.807) is 19.2 Å². The fourth-order valence-electron chi connectivity index (χ4n) is 4.11. The van der Waals surface area contributed by atoms with Crippen molar-refractivity contribution in [1.29, 1.82) is 0 Å². The number of benzene rings is 1. The lowest BCUT2D eigenvalue weighted by Crippen LogP contribution is -2.15. The molecule has 1 saturated carbocycles. The minimum atomic E-state index is -0.466. The average Bonchev–Trinajstić information content (AvgIpc) is 3.15. The second kappa shape index (κ2) is 7.66. The average molecular weight is 383 g/mol. The maximum atomic E-state index is 12.6. The molecule has 2 aromatic heterocycles. The third kappa shape index (κ3) is 3.15. The van der Waals surface area contributed by atoms with Crippen LogP contribution in [0.2, 0.25) is 0 Å².